The van der Waals surface area contributed by atoms with Gasteiger partial charge in [-0.2, -0.15) is 0 Å². The normalized spacial score (nSPS) is 12.2. The zero-order valence-electron chi connectivity index (χ0n) is 28.6. The molecule has 0 saturated heterocycles. The molecule has 1 nitrogen and oxygen atoms in total. The molecule has 0 amide bonds. The topological polar surface area (TPSA) is 3.24 Å². The summed E-state index contributed by atoms with van der Waals surface area (Å²) in [6.45, 7) is 14.5. The van der Waals surface area contributed by atoms with Gasteiger partial charge in [0.15, 0.2) is 0 Å². The van der Waals surface area contributed by atoms with Gasteiger partial charge in [0, 0.05) is 5.54 Å². The van der Waals surface area contributed by atoms with Crippen LogP contribution in [-0.4, -0.2) is 23.5 Å². The maximum atomic E-state index is 2.78. The van der Waals surface area contributed by atoms with Gasteiger partial charge in [-0.15, -0.1) is 0 Å². The standard InChI is InChI=1S/C38H79N/c1-6-8-10-12-14-16-18-20-22-24-26-28-30-32-34-36-39(38(3,4)5)37-35-33-31-29-27-25-23-21-19-17-15-13-11-9-7-2/h6-37H2,1-5H3. The van der Waals surface area contributed by atoms with Crippen molar-refractivity contribution in [1.82, 2.24) is 4.90 Å². The molecule has 0 aromatic rings. The highest BCUT2D eigenvalue weighted by Crippen LogP contribution is 2.19. The Morgan fingerprint density at radius 3 is 0.641 bits per heavy atom. The third-order valence-corrected chi connectivity index (χ3v) is 9.01. The molecule has 0 heterocycles. The van der Waals surface area contributed by atoms with Crippen LogP contribution in [0.5, 0.6) is 0 Å². The average Bonchev–Trinajstić information content (AvgIpc) is 2.91. The van der Waals surface area contributed by atoms with Crippen LogP contribution >= 0.6 is 0 Å². The maximum Gasteiger partial charge on any atom is 0.0125 e. The van der Waals surface area contributed by atoms with Crippen LogP contribution in [0.4, 0.5) is 0 Å². The lowest BCUT2D eigenvalue weighted by Crippen LogP contribution is -2.42. The quantitative estimate of drug-likeness (QED) is 0.0754. The van der Waals surface area contributed by atoms with Gasteiger partial charge in [0.2, 0.25) is 0 Å². The molecule has 0 rings (SSSR count). The monoisotopic (exact) mass is 550 g/mol. The van der Waals surface area contributed by atoms with Gasteiger partial charge in [-0.05, 0) is 46.7 Å². The molecule has 0 atom stereocenters. The summed E-state index contributed by atoms with van der Waals surface area (Å²) in [5.74, 6) is 0. The van der Waals surface area contributed by atoms with E-state index in [0.29, 0.717) is 5.54 Å². The van der Waals surface area contributed by atoms with E-state index >= 15 is 0 Å². The molecule has 0 bridgehead atoms. The Balaban J connectivity index is 3.50. The Labute approximate surface area is 250 Å². The second kappa shape index (κ2) is 30.9. The summed E-state index contributed by atoms with van der Waals surface area (Å²) >= 11 is 0. The van der Waals surface area contributed by atoms with E-state index in [1.165, 1.54) is 206 Å². The van der Waals surface area contributed by atoms with Gasteiger partial charge in [-0.1, -0.05) is 194 Å². The first kappa shape index (κ1) is 39.0. The fourth-order valence-electron chi connectivity index (χ4n) is 6.13. The Kier molecular flexibility index (Phi) is 30.9. The number of hydrogen-bond acceptors (Lipinski definition) is 1. The molecule has 1 heteroatoms. The van der Waals surface area contributed by atoms with Crippen molar-refractivity contribution in [1.29, 1.82) is 0 Å². The predicted molar refractivity (Wildman–Crippen MR) is 181 cm³/mol. The van der Waals surface area contributed by atoms with Gasteiger partial charge in [0.1, 0.15) is 0 Å². The summed E-state index contributed by atoms with van der Waals surface area (Å²) < 4.78 is 0. The van der Waals surface area contributed by atoms with E-state index in [1.807, 2.05) is 0 Å². The van der Waals surface area contributed by atoms with Gasteiger partial charge in [-0.25, -0.2) is 0 Å². The first-order valence-corrected chi connectivity index (χ1v) is 18.8. The maximum absolute atomic E-state index is 2.78. The lowest BCUT2D eigenvalue weighted by Gasteiger charge is -2.36. The van der Waals surface area contributed by atoms with Gasteiger partial charge >= 0.3 is 0 Å². The van der Waals surface area contributed by atoms with Crippen LogP contribution in [0.15, 0.2) is 0 Å². The molecule has 0 unspecified atom stereocenters. The van der Waals surface area contributed by atoms with Gasteiger partial charge in [-0.3, -0.25) is 4.90 Å². The summed E-state index contributed by atoms with van der Waals surface area (Å²) in [7, 11) is 0. The predicted octanol–water partition coefficient (Wildman–Crippen LogP) is 13.8. The highest BCUT2D eigenvalue weighted by atomic mass is 15.2. The van der Waals surface area contributed by atoms with Crippen molar-refractivity contribution in [2.45, 2.75) is 233 Å². The van der Waals surface area contributed by atoms with Crippen molar-refractivity contribution in [2.24, 2.45) is 0 Å². The summed E-state index contributed by atoms with van der Waals surface area (Å²) in [6.07, 6.45) is 43.7. The molecule has 0 aliphatic heterocycles. The fraction of sp³-hybridized carbons (Fsp3) is 1.00. The Hall–Kier alpha value is -0.0400. The van der Waals surface area contributed by atoms with E-state index in [0.717, 1.165) is 0 Å². The number of nitrogens with zero attached hydrogens (tertiary/aromatic N) is 1. The Morgan fingerprint density at radius 1 is 0.282 bits per heavy atom. The van der Waals surface area contributed by atoms with Gasteiger partial charge in [0.25, 0.3) is 0 Å². The van der Waals surface area contributed by atoms with E-state index in [9.17, 15) is 0 Å². The first-order chi connectivity index (χ1) is 19.0. The third-order valence-electron chi connectivity index (χ3n) is 9.01. The minimum absolute atomic E-state index is 0.325. The highest BCUT2D eigenvalue weighted by Gasteiger charge is 2.19. The summed E-state index contributed by atoms with van der Waals surface area (Å²) in [5, 5.41) is 0. The fourth-order valence-corrected chi connectivity index (χ4v) is 6.13. The van der Waals surface area contributed by atoms with Gasteiger partial charge in [0.05, 0.1) is 0 Å². The van der Waals surface area contributed by atoms with Crippen LogP contribution in [-0.2, 0) is 0 Å². The molecule has 0 aromatic heterocycles. The molecule has 0 aliphatic rings. The first-order valence-electron chi connectivity index (χ1n) is 18.8. The lowest BCUT2D eigenvalue weighted by molar-refractivity contribution is 0.130. The molecule has 0 aliphatic carbocycles. The highest BCUT2D eigenvalue weighted by molar-refractivity contribution is 4.76. The van der Waals surface area contributed by atoms with Crippen LogP contribution in [0.2, 0.25) is 0 Å². The molecule has 236 valence electrons. The second-order valence-corrected chi connectivity index (χ2v) is 14.1. The van der Waals surface area contributed by atoms with Crippen molar-refractivity contribution in [3.8, 4) is 0 Å². The zero-order valence-corrected chi connectivity index (χ0v) is 28.6. The van der Waals surface area contributed by atoms with Crippen LogP contribution < -0.4 is 0 Å². The van der Waals surface area contributed by atoms with Gasteiger partial charge < -0.3 is 0 Å². The molecule has 0 spiro atoms. The third kappa shape index (κ3) is 30.7. The Morgan fingerprint density at radius 2 is 0.462 bits per heavy atom. The lowest BCUT2D eigenvalue weighted by atomic mass is 10.0. The smallest absolute Gasteiger partial charge is 0.0125 e. The Bertz CT molecular complexity index is 403. The second-order valence-electron chi connectivity index (χ2n) is 14.1. The molecular weight excluding hydrogens is 470 g/mol. The molecule has 0 aromatic carbocycles. The van der Waals surface area contributed by atoms with Crippen molar-refractivity contribution < 1.29 is 0 Å². The van der Waals surface area contributed by atoms with Crippen LogP contribution in [0, 0.1) is 0 Å². The van der Waals surface area contributed by atoms with E-state index in [2.05, 4.69) is 39.5 Å². The van der Waals surface area contributed by atoms with Crippen LogP contribution in [0.25, 0.3) is 0 Å². The molecule has 0 N–H and O–H groups in total. The molecule has 0 radical (unpaired) electrons. The van der Waals surface area contributed by atoms with Crippen LogP contribution in [0.1, 0.15) is 227 Å². The molecule has 39 heavy (non-hydrogen) atoms. The van der Waals surface area contributed by atoms with Crippen molar-refractivity contribution in [3.63, 3.8) is 0 Å². The number of rotatable bonds is 32. The number of unbranched alkanes of at least 4 members (excludes halogenated alkanes) is 28. The largest absolute Gasteiger partial charge is 0.298 e. The van der Waals surface area contributed by atoms with Crippen LogP contribution in [0.3, 0.4) is 0 Å². The summed E-state index contributed by atoms with van der Waals surface area (Å²) in [6, 6.07) is 0. The van der Waals surface area contributed by atoms with Crippen molar-refractivity contribution in [2.75, 3.05) is 13.1 Å². The molecular formula is C38H79N. The van der Waals surface area contributed by atoms with Crippen molar-refractivity contribution in [3.05, 3.63) is 0 Å². The summed E-state index contributed by atoms with van der Waals surface area (Å²) in [4.78, 5) is 2.78. The molecule has 0 saturated carbocycles. The minimum Gasteiger partial charge on any atom is -0.298 e. The van der Waals surface area contributed by atoms with E-state index in [1.54, 1.807) is 0 Å². The summed E-state index contributed by atoms with van der Waals surface area (Å²) in [5.41, 5.74) is 0.325. The SMILES string of the molecule is CCCCCCCCCCCCCCCCCN(CCCCCCCCCCCCCCCCC)C(C)(C)C. The molecule has 0 fully saturated rings. The van der Waals surface area contributed by atoms with E-state index in [4.69, 9.17) is 0 Å². The van der Waals surface area contributed by atoms with Crippen molar-refractivity contribution >= 4 is 0 Å². The average molecular weight is 550 g/mol. The van der Waals surface area contributed by atoms with E-state index < -0.39 is 0 Å². The zero-order chi connectivity index (χ0) is 28.7. The van der Waals surface area contributed by atoms with E-state index in [-0.39, 0.29) is 0 Å². The number of hydrogen-bond donors (Lipinski definition) is 0. The minimum atomic E-state index is 0.325.